The highest BCUT2D eigenvalue weighted by Crippen LogP contribution is 2.24. The summed E-state index contributed by atoms with van der Waals surface area (Å²) in [5, 5.41) is 2.83. The quantitative estimate of drug-likeness (QED) is 0.808. The Kier molecular flexibility index (Phi) is 6.42. The highest BCUT2D eigenvalue weighted by Gasteiger charge is 2.27. The van der Waals surface area contributed by atoms with Crippen LogP contribution in [0, 0.1) is 13.8 Å². The normalized spacial score (nSPS) is 12.5. The molecule has 0 aliphatic carbocycles. The summed E-state index contributed by atoms with van der Waals surface area (Å²) in [6, 6.07) is 13.7. The largest absolute Gasteiger partial charge is 0.352 e. The minimum absolute atomic E-state index is 0.00977. The summed E-state index contributed by atoms with van der Waals surface area (Å²) in [7, 11) is -3.85. The van der Waals surface area contributed by atoms with Crippen LogP contribution < -0.4 is 9.62 Å². The van der Waals surface area contributed by atoms with Crippen molar-refractivity contribution >= 4 is 21.6 Å². The van der Waals surface area contributed by atoms with Gasteiger partial charge in [0, 0.05) is 6.04 Å². The molecule has 2 aromatic rings. The molecule has 0 fully saturated rings. The summed E-state index contributed by atoms with van der Waals surface area (Å²) >= 11 is 0. The lowest BCUT2D eigenvalue weighted by Gasteiger charge is -2.25. The monoisotopic (exact) mass is 374 g/mol. The molecule has 2 aromatic carbocycles. The first-order valence-corrected chi connectivity index (χ1v) is 10.1. The second kappa shape index (κ2) is 8.36. The summed E-state index contributed by atoms with van der Waals surface area (Å²) in [4.78, 5) is 12.5. The molecule has 0 radical (unpaired) electrons. The second-order valence-corrected chi connectivity index (χ2v) is 8.40. The van der Waals surface area contributed by atoms with Crippen LogP contribution in [-0.2, 0) is 14.8 Å². The zero-order chi connectivity index (χ0) is 19.3. The number of anilines is 1. The van der Waals surface area contributed by atoms with Crippen LogP contribution in [0.4, 0.5) is 5.69 Å². The van der Waals surface area contributed by atoms with E-state index in [1.807, 2.05) is 39.8 Å². The number of amides is 1. The van der Waals surface area contributed by atoms with Crippen molar-refractivity contribution in [2.45, 2.75) is 45.1 Å². The molecule has 2 rings (SSSR count). The molecule has 0 saturated heterocycles. The first-order chi connectivity index (χ1) is 12.2. The van der Waals surface area contributed by atoms with Gasteiger partial charge in [-0.3, -0.25) is 9.10 Å². The molecule has 0 spiro atoms. The molecular weight excluding hydrogens is 348 g/mol. The molecule has 140 valence electrons. The van der Waals surface area contributed by atoms with E-state index in [4.69, 9.17) is 0 Å². The van der Waals surface area contributed by atoms with Crippen LogP contribution in [0.15, 0.2) is 53.4 Å². The van der Waals surface area contributed by atoms with Crippen molar-refractivity contribution in [3.05, 3.63) is 59.7 Å². The molecule has 1 atom stereocenters. The number of sulfonamides is 1. The van der Waals surface area contributed by atoms with E-state index in [9.17, 15) is 13.2 Å². The minimum Gasteiger partial charge on any atom is -0.352 e. The Morgan fingerprint density at radius 1 is 1.00 bits per heavy atom. The van der Waals surface area contributed by atoms with Gasteiger partial charge in [0.2, 0.25) is 5.91 Å². The van der Waals surface area contributed by atoms with E-state index >= 15 is 0 Å². The van der Waals surface area contributed by atoms with Gasteiger partial charge in [-0.2, -0.15) is 0 Å². The van der Waals surface area contributed by atoms with Crippen LogP contribution >= 0.6 is 0 Å². The zero-order valence-electron chi connectivity index (χ0n) is 15.7. The number of carbonyl (C=O) groups excluding carboxylic acids is 1. The smallest absolute Gasteiger partial charge is 0.264 e. The number of benzene rings is 2. The van der Waals surface area contributed by atoms with Crippen molar-refractivity contribution in [1.82, 2.24) is 5.32 Å². The molecule has 0 aliphatic heterocycles. The average Bonchev–Trinajstić information content (AvgIpc) is 2.60. The van der Waals surface area contributed by atoms with E-state index < -0.39 is 10.0 Å². The molecule has 1 N–H and O–H groups in total. The van der Waals surface area contributed by atoms with Crippen molar-refractivity contribution in [2.24, 2.45) is 0 Å². The third-order valence-corrected chi connectivity index (χ3v) is 6.03. The van der Waals surface area contributed by atoms with Crippen LogP contribution in [0.5, 0.6) is 0 Å². The predicted octanol–water partition coefficient (Wildman–Crippen LogP) is 3.41. The van der Waals surface area contributed by atoms with E-state index in [1.54, 1.807) is 36.4 Å². The molecule has 26 heavy (non-hydrogen) atoms. The summed E-state index contributed by atoms with van der Waals surface area (Å²) in [5.41, 5.74) is 2.46. The van der Waals surface area contributed by atoms with Crippen LogP contribution in [0.2, 0.25) is 0 Å². The van der Waals surface area contributed by atoms with Gasteiger partial charge in [-0.15, -0.1) is 0 Å². The maximum absolute atomic E-state index is 13.2. The number of rotatable bonds is 7. The summed E-state index contributed by atoms with van der Waals surface area (Å²) in [6.07, 6.45) is 0.779. The number of nitrogens with one attached hydrogen (secondary N) is 1. The SMILES string of the molecule is CC[C@H](C)NC(=O)CN(c1ccc(C)cc1)S(=O)(=O)c1ccc(C)cc1. The third kappa shape index (κ3) is 4.85. The molecule has 1 amide bonds. The molecular formula is C20H26N2O3S. The maximum Gasteiger partial charge on any atom is 0.264 e. The molecule has 0 saturated carbocycles. The first-order valence-electron chi connectivity index (χ1n) is 8.69. The highest BCUT2D eigenvalue weighted by molar-refractivity contribution is 7.92. The number of hydrogen-bond donors (Lipinski definition) is 1. The van der Waals surface area contributed by atoms with E-state index in [2.05, 4.69) is 5.32 Å². The Balaban J connectivity index is 2.40. The van der Waals surface area contributed by atoms with Gasteiger partial charge in [0.1, 0.15) is 6.54 Å². The first kappa shape index (κ1) is 20.0. The Morgan fingerprint density at radius 3 is 2.00 bits per heavy atom. The molecule has 5 nitrogen and oxygen atoms in total. The van der Waals surface area contributed by atoms with Gasteiger partial charge in [0.25, 0.3) is 10.0 Å². The number of carbonyl (C=O) groups is 1. The van der Waals surface area contributed by atoms with Gasteiger partial charge in [-0.25, -0.2) is 8.42 Å². The van der Waals surface area contributed by atoms with E-state index in [0.29, 0.717) is 5.69 Å². The molecule has 0 unspecified atom stereocenters. The van der Waals surface area contributed by atoms with Crippen molar-refractivity contribution in [1.29, 1.82) is 0 Å². The molecule has 0 aliphatic rings. The molecule has 0 bridgehead atoms. The molecule has 0 heterocycles. The molecule has 6 heteroatoms. The standard InChI is InChI=1S/C20H26N2O3S/c1-5-17(4)21-20(23)14-22(18-10-6-15(2)7-11-18)26(24,25)19-12-8-16(3)9-13-19/h6-13,17H,5,14H2,1-4H3,(H,21,23)/t17-/m0/s1. The lowest BCUT2D eigenvalue weighted by atomic mass is 10.2. The minimum atomic E-state index is -3.85. The van der Waals surface area contributed by atoms with Gasteiger partial charge in [-0.05, 0) is 51.5 Å². The Hall–Kier alpha value is -2.34. The van der Waals surface area contributed by atoms with E-state index in [-0.39, 0.29) is 23.4 Å². The van der Waals surface area contributed by atoms with Gasteiger partial charge >= 0.3 is 0 Å². The highest BCUT2D eigenvalue weighted by atomic mass is 32.2. The fourth-order valence-electron chi connectivity index (χ4n) is 2.42. The maximum atomic E-state index is 13.2. The fraction of sp³-hybridized carbons (Fsp3) is 0.350. The molecule has 0 aromatic heterocycles. The van der Waals surface area contributed by atoms with Gasteiger partial charge < -0.3 is 5.32 Å². The van der Waals surface area contributed by atoms with Crippen LogP contribution in [0.3, 0.4) is 0 Å². The second-order valence-electron chi connectivity index (χ2n) is 6.54. The lowest BCUT2D eigenvalue weighted by Crippen LogP contribution is -2.43. The van der Waals surface area contributed by atoms with Crippen molar-refractivity contribution in [2.75, 3.05) is 10.8 Å². The summed E-state index contributed by atoms with van der Waals surface area (Å²) < 4.78 is 27.5. The third-order valence-electron chi connectivity index (χ3n) is 4.24. The van der Waals surface area contributed by atoms with Crippen molar-refractivity contribution in [3.8, 4) is 0 Å². The fourth-order valence-corrected chi connectivity index (χ4v) is 3.84. The van der Waals surface area contributed by atoms with Gasteiger partial charge in [0.15, 0.2) is 0 Å². The van der Waals surface area contributed by atoms with E-state index in [1.165, 1.54) is 0 Å². The zero-order valence-corrected chi connectivity index (χ0v) is 16.5. The van der Waals surface area contributed by atoms with Crippen molar-refractivity contribution < 1.29 is 13.2 Å². The Morgan fingerprint density at radius 2 is 1.50 bits per heavy atom. The summed E-state index contributed by atoms with van der Waals surface area (Å²) in [6.45, 7) is 7.42. The number of hydrogen-bond acceptors (Lipinski definition) is 3. The number of nitrogens with zero attached hydrogens (tertiary/aromatic N) is 1. The van der Waals surface area contributed by atoms with E-state index in [0.717, 1.165) is 21.9 Å². The summed E-state index contributed by atoms with van der Waals surface area (Å²) in [5.74, 6) is -0.324. The Bertz CT molecular complexity index is 844. The van der Waals surface area contributed by atoms with Crippen LogP contribution in [0.1, 0.15) is 31.4 Å². The van der Waals surface area contributed by atoms with Gasteiger partial charge in [0.05, 0.1) is 10.6 Å². The lowest BCUT2D eigenvalue weighted by molar-refractivity contribution is -0.120. The Labute approximate surface area is 156 Å². The van der Waals surface area contributed by atoms with Crippen molar-refractivity contribution in [3.63, 3.8) is 0 Å². The predicted molar refractivity (Wildman–Crippen MR) is 105 cm³/mol. The average molecular weight is 375 g/mol. The van der Waals surface area contributed by atoms with Crippen LogP contribution in [-0.4, -0.2) is 26.9 Å². The van der Waals surface area contributed by atoms with Gasteiger partial charge in [-0.1, -0.05) is 42.3 Å². The number of aryl methyl sites for hydroxylation is 2. The van der Waals surface area contributed by atoms with Crippen LogP contribution in [0.25, 0.3) is 0 Å². The topological polar surface area (TPSA) is 66.5 Å².